The van der Waals surface area contributed by atoms with Gasteiger partial charge in [0, 0.05) is 12.3 Å². The maximum absolute atomic E-state index is 10.9. The number of anilines is 1. The predicted octanol–water partition coefficient (Wildman–Crippen LogP) is 3.45. The lowest BCUT2D eigenvalue weighted by molar-refractivity contribution is -0.114. The zero-order valence-corrected chi connectivity index (χ0v) is 9.01. The Balaban J connectivity index is 2.59. The Kier molecular flexibility index (Phi) is 2.60. The second kappa shape index (κ2) is 3.91. The van der Waals surface area contributed by atoms with Gasteiger partial charge in [-0.1, -0.05) is 41.9 Å². The average Bonchev–Trinajstić information content (AvgIpc) is 2.22. The van der Waals surface area contributed by atoms with E-state index in [4.69, 9.17) is 11.6 Å². The Morgan fingerprint density at radius 3 is 2.67 bits per heavy atom. The summed E-state index contributed by atoms with van der Waals surface area (Å²) in [7, 11) is 0. The Morgan fingerprint density at radius 1 is 1.20 bits per heavy atom. The molecule has 2 aromatic rings. The zero-order chi connectivity index (χ0) is 10.8. The fraction of sp³-hybridized carbons (Fsp3) is 0.0833. The fourth-order valence-electron chi connectivity index (χ4n) is 1.52. The highest BCUT2D eigenvalue weighted by Gasteiger charge is 2.05. The van der Waals surface area contributed by atoms with E-state index in [-0.39, 0.29) is 5.91 Å². The molecule has 2 aromatic carbocycles. The lowest BCUT2D eigenvalue weighted by Crippen LogP contribution is -2.06. The molecule has 0 aliphatic carbocycles. The van der Waals surface area contributed by atoms with Crippen molar-refractivity contribution in [1.82, 2.24) is 0 Å². The van der Waals surface area contributed by atoms with Gasteiger partial charge in [-0.3, -0.25) is 4.79 Å². The lowest BCUT2D eigenvalue weighted by Gasteiger charge is -2.07. The molecule has 0 saturated heterocycles. The number of benzene rings is 2. The van der Waals surface area contributed by atoms with E-state index in [2.05, 4.69) is 5.32 Å². The van der Waals surface area contributed by atoms with Crippen LogP contribution in [0.3, 0.4) is 0 Å². The van der Waals surface area contributed by atoms with Gasteiger partial charge in [0.1, 0.15) is 0 Å². The van der Waals surface area contributed by atoms with Gasteiger partial charge in [0.2, 0.25) is 5.91 Å². The van der Waals surface area contributed by atoms with E-state index >= 15 is 0 Å². The van der Waals surface area contributed by atoms with Gasteiger partial charge in [0.05, 0.1) is 10.7 Å². The first kappa shape index (κ1) is 9.99. The van der Waals surface area contributed by atoms with Crippen LogP contribution in [0.25, 0.3) is 10.8 Å². The molecule has 0 unspecified atom stereocenters. The fourth-order valence-corrected chi connectivity index (χ4v) is 1.80. The van der Waals surface area contributed by atoms with E-state index < -0.39 is 0 Å². The van der Waals surface area contributed by atoms with Gasteiger partial charge < -0.3 is 5.32 Å². The molecule has 0 aliphatic heterocycles. The highest BCUT2D eigenvalue weighted by atomic mass is 35.5. The Bertz CT molecular complexity index is 522. The average molecular weight is 220 g/mol. The number of hydrogen-bond acceptors (Lipinski definition) is 1. The molecular weight excluding hydrogens is 210 g/mol. The highest BCUT2D eigenvalue weighted by molar-refractivity contribution is 6.38. The third-order valence-corrected chi connectivity index (χ3v) is 2.58. The Hall–Kier alpha value is -1.54. The summed E-state index contributed by atoms with van der Waals surface area (Å²) in [5.74, 6) is -0.118. The van der Waals surface area contributed by atoms with Crippen LogP contribution in [0.15, 0.2) is 36.4 Å². The van der Waals surface area contributed by atoms with Crippen molar-refractivity contribution < 1.29 is 4.79 Å². The summed E-state index contributed by atoms with van der Waals surface area (Å²) in [5, 5.41) is 5.30. The van der Waals surface area contributed by atoms with Crippen LogP contribution in [-0.2, 0) is 4.79 Å². The number of rotatable bonds is 1. The van der Waals surface area contributed by atoms with Crippen molar-refractivity contribution in [1.29, 1.82) is 0 Å². The summed E-state index contributed by atoms with van der Waals surface area (Å²) >= 11 is 6.17. The molecule has 3 heteroatoms. The van der Waals surface area contributed by atoms with Crippen LogP contribution < -0.4 is 5.32 Å². The topological polar surface area (TPSA) is 29.1 Å². The standard InChI is InChI=1S/C12H10ClNO/c1-8(15)14-11-7-6-9-4-2-3-5-10(9)12(11)13/h2-7H,1H3,(H,14,15). The van der Waals surface area contributed by atoms with Crippen molar-refractivity contribution in [3.63, 3.8) is 0 Å². The molecule has 0 atom stereocenters. The minimum absolute atomic E-state index is 0.118. The van der Waals surface area contributed by atoms with Gasteiger partial charge in [-0.2, -0.15) is 0 Å². The van der Waals surface area contributed by atoms with Crippen molar-refractivity contribution in [2.24, 2.45) is 0 Å². The van der Waals surface area contributed by atoms with E-state index in [0.717, 1.165) is 10.8 Å². The Morgan fingerprint density at radius 2 is 1.93 bits per heavy atom. The SMILES string of the molecule is CC(=O)Nc1ccc2ccccc2c1Cl. The van der Waals surface area contributed by atoms with Gasteiger partial charge in [-0.25, -0.2) is 0 Å². The third kappa shape index (κ3) is 1.95. The van der Waals surface area contributed by atoms with Crippen LogP contribution in [0, 0.1) is 0 Å². The first-order chi connectivity index (χ1) is 7.18. The molecule has 0 radical (unpaired) electrons. The molecule has 1 amide bonds. The van der Waals surface area contributed by atoms with Crippen molar-refractivity contribution >= 4 is 34.0 Å². The quantitative estimate of drug-likeness (QED) is 0.782. The van der Waals surface area contributed by atoms with E-state index in [1.165, 1.54) is 6.92 Å². The summed E-state index contributed by atoms with van der Waals surface area (Å²) < 4.78 is 0. The van der Waals surface area contributed by atoms with E-state index in [1.54, 1.807) is 0 Å². The van der Waals surface area contributed by atoms with E-state index in [0.29, 0.717) is 10.7 Å². The summed E-state index contributed by atoms with van der Waals surface area (Å²) in [6, 6.07) is 11.5. The number of carbonyl (C=O) groups excluding carboxylic acids is 1. The first-order valence-electron chi connectivity index (χ1n) is 4.63. The second-order valence-corrected chi connectivity index (χ2v) is 3.71. The number of nitrogens with one attached hydrogen (secondary N) is 1. The third-order valence-electron chi connectivity index (χ3n) is 2.17. The molecule has 0 saturated carbocycles. The molecule has 0 heterocycles. The molecule has 0 aromatic heterocycles. The summed E-state index contributed by atoms with van der Waals surface area (Å²) in [4.78, 5) is 10.9. The molecule has 0 fully saturated rings. The predicted molar refractivity (Wildman–Crippen MR) is 63.3 cm³/mol. The number of halogens is 1. The monoisotopic (exact) mass is 219 g/mol. The van der Waals surface area contributed by atoms with Crippen molar-refractivity contribution in [2.75, 3.05) is 5.32 Å². The summed E-state index contributed by atoms with van der Waals surface area (Å²) in [6.07, 6.45) is 0. The van der Waals surface area contributed by atoms with Gasteiger partial charge >= 0.3 is 0 Å². The molecule has 15 heavy (non-hydrogen) atoms. The highest BCUT2D eigenvalue weighted by Crippen LogP contribution is 2.30. The summed E-state index contributed by atoms with van der Waals surface area (Å²) in [5.41, 5.74) is 0.655. The first-order valence-corrected chi connectivity index (χ1v) is 5.01. The molecule has 0 aliphatic rings. The molecule has 2 nitrogen and oxygen atoms in total. The largest absolute Gasteiger partial charge is 0.325 e. The molecule has 1 N–H and O–H groups in total. The normalized spacial score (nSPS) is 10.3. The minimum Gasteiger partial charge on any atom is -0.325 e. The molecule has 0 bridgehead atoms. The Labute approximate surface area is 92.9 Å². The van der Waals surface area contributed by atoms with Gasteiger partial charge in [-0.15, -0.1) is 0 Å². The van der Waals surface area contributed by atoms with Gasteiger partial charge in [0.25, 0.3) is 0 Å². The second-order valence-electron chi connectivity index (χ2n) is 3.33. The van der Waals surface area contributed by atoms with Gasteiger partial charge in [0.15, 0.2) is 0 Å². The molecular formula is C12H10ClNO. The van der Waals surface area contributed by atoms with Crippen molar-refractivity contribution in [3.05, 3.63) is 41.4 Å². The summed E-state index contributed by atoms with van der Waals surface area (Å²) in [6.45, 7) is 1.46. The van der Waals surface area contributed by atoms with Crippen LogP contribution in [0.2, 0.25) is 5.02 Å². The lowest BCUT2D eigenvalue weighted by atomic mass is 10.1. The minimum atomic E-state index is -0.118. The number of fused-ring (bicyclic) bond motifs is 1. The van der Waals surface area contributed by atoms with Crippen LogP contribution in [0.5, 0.6) is 0 Å². The zero-order valence-electron chi connectivity index (χ0n) is 8.25. The number of carbonyl (C=O) groups is 1. The number of amides is 1. The van der Waals surface area contributed by atoms with Crippen molar-refractivity contribution in [2.45, 2.75) is 6.92 Å². The maximum Gasteiger partial charge on any atom is 0.221 e. The van der Waals surface area contributed by atoms with Crippen LogP contribution in [0.1, 0.15) is 6.92 Å². The number of hydrogen-bond donors (Lipinski definition) is 1. The van der Waals surface area contributed by atoms with Crippen LogP contribution in [0.4, 0.5) is 5.69 Å². The van der Waals surface area contributed by atoms with Gasteiger partial charge in [-0.05, 0) is 11.5 Å². The molecule has 0 spiro atoms. The smallest absolute Gasteiger partial charge is 0.221 e. The van der Waals surface area contributed by atoms with Crippen LogP contribution >= 0.6 is 11.6 Å². The molecule has 76 valence electrons. The molecule has 2 rings (SSSR count). The maximum atomic E-state index is 10.9. The van der Waals surface area contributed by atoms with Crippen LogP contribution in [-0.4, -0.2) is 5.91 Å². The van der Waals surface area contributed by atoms with Crippen molar-refractivity contribution in [3.8, 4) is 0 Å². The van der Waals surface area contributed by atoms with E-state index in [9.17, 15) is 4.79 Å². The van der Waals surface area contributed by atoms with E-state index in [1.807, 2.05) is 36.4 Å².